The van der Waals surface area contributed by atoms with E-state index in [0.29, 0.717) is 11.5 Å². The average Bonchev–Trinajstić information content (AvgIpc) is 1.80. The highest BCUT2D eigenvalue weighted by atomic mass is 32.2. The maximum absolute atomic E-state index is 10.8. The lowest BCUT2D eigenvalue weighted by Gasteiger charge is -2.22. The molecule has 0 saturated heterocycles. The third-order valence-corrected chi connectivity index (χ3v) is 2.43. The van der Waals surface area contributed by atoms with Gasteiger partial charge < -0.3 is 5.32 Å². The Labute approximate surface area is 78.6 Å². The second-order valence-electron chi connectivity index (χ2n) is 4.58. The normalized spacial score (nSPS) is 17.4. The van der Waals surface area contributed by atoms with Crippen LogP contribution in [0.25, 0.3) is 0 Å². The predicted octanol–water partition coefficient (Wildman–Crippen LogP) is 1.39. The van der Waals surface area contributed by atoms with E-state index >= 15 is 0 Å². The zero-order chi connectivity index (χ0) is 9.78. The number of nitrogens with one attached hydrogen (secondary N) is 1. The molecule has 3 heteroatoms. The van der Waals surface area contributed by atoms with Crippen molar-refractivity contribution in [1.29, 1.82) is 0 Å². The molecule has 74 valence electrons. The lowest BCUT2D eigenvalue weighted by Crippen LogP contribution is -2.36. The zero-order valence-electron chi connectivity index (χ0n) is 8.81. The molecule has 0 aromatic heterocycles. The van der Waals surface area contributed by atoms with E-state index in [1.807, 2.05) is 0 Å². The molecule has 2 nitrogen and oxygen atoms in total. The van der Waals surface area contributed by atoms with Gasteiger partial charge in [0.15, 0.2) is 0 Å². The van der Waals surface area contributed by atoms with Gasteiger partial charge in [0.25, 0.3) is 0 Å². The molecule has 12 heavy (non-hydrogen) atoms. The topological polar surface area (TPSA) is 29.1 Å². The van der Waals surface area contributed by atoms with Gasteiger partial charge in [0.05, 0.1) is 0 Å². The van der Waals surface area contributed by atoms with E-state index in [4.69, 9.17) is 0 Å². The van der Waals surface area contributed by atoms with Gasteiger partial charge in [-0.2, -0.15) is 0 Å². The fourth-order valence-electron chi connectivity index (χ4n) is 0.891. The second-order valence-corrected chi connectivity index (χ2v) is 6.06. The van der Waals surface area contributed by atoms with Gasteiger partial charge in [-0.25, -0.2) is 0 Å². The Balaban J connectivity index is 3.57. The van der Waals surface area contributed by atoms with Gasteiger partial charge in [-0.05, 0) is 12.3 Å². The van der Waals surface area contributed by atoms with Crippen LogP contribution in [0.2, 0.25) is 0 Å². The maximum Gasteiger partial charge on any atom is 0.0383 e. The molecular formula is C9H21NOS. The van der Waals surface area contributed by atoms with Gasteiger partial charge in [-0.15, -0.1) is 0 Å². The third-order valence-electron chi connectivity index (χ3n) is 1.47. The summed E-state index contributed by atoms with van der Waals surface area (Å²) < 4.78 is 10.8. The van der Waals surface area contributed by atoms with Crippen molar-refractivity contribution in [2.45, 2.75) is 33.7 Å². The van der Waals surface area contributed by atoms with Gasteiger partial charge in [-0.1, -0.05) is 20.8 Å². The highest BCUT2D eigenvalue weighted by molar-refractivity contribution is 7.84. The predicted molar refractivity (Wildman–Crippen MR) is 55.9 cm³/mol. The first-order valence-corrected chi connectivity index (χ1v) is 6.07. The van der Waals surface area contributed by atoms with Crippen LogP contribution in [0.5, 0.6) is 0 Å². The molecular weight excluding hydrogens is 170 g/mol. The Morgan fingerprint density at radius 3 is 2.25 bits per heavy atom. The van der Waals surface area contributed by atoms with Crippen molar-refractivity contribution in [2.75, 3.05) is 18.6 Å². The Kier molecular flexibility index (Phi) is 5.02. The molecule has 0 bridgehead atoms. The van der Waals surface area contributed by atoms with Gasteiger partial charge in [0.2, 0.25) is 0 Å². The molecule has 0 heterocycles. The lowest BCUT2D eigenvalue weighted by molar-refractivity contribution is 0.364. The summed E-state index contributed by atoms with van der Waals surface area (Å²) in [5.74, 6) is 0.746. The highest BCUT2D eigenvalue weighted by Crippen LogP contribution is 2.10. The number of hydrogen-bond acceptors (Lipinski definition) is 2. The molecule has 0 saturated carbocycles. The third kappa shape index (κ3) is 8.21. The van der Waals surface area contributed by atoms with Crippen LogP contribution in [0.4, 0.5) is 0 Å². The summed E-state index contributed by atoms with van der Waals surface area (Å²) >= 11 is 0. The molecule has 0 aliphatic heterocycles. The van der Waals surface area contributed by atoms with E-state index in [1.165, 1.54) is 0 Å². The van der Waals surface area contributed by atoms with Crippen LogP contribution in [0.1, 0.15) is 27.7 Å². The Bertz CT molecular complexity index is 151. The Hall–Kier alpha value is 0.110. The van der Waals surface area contributed by atoms with E-state index in [1.54, 1.807) is 6.26 Å². The fraction of sp³-hybridized carbons (Fsp3) is 1.00. The van der Waals surface area contributed by atoms with E-state index in [0.717, 1.165) is 12.3 Å². The molecule has 0 aliphatic rings. The summed E-state index contributed by atoms with van der Waals surface area (Å²) in [5, 5.41) is 3.36. The van der Waals surface area contributed by atoms with E-state index < -0.39 is 10.8 Å². The summed E-state index contributed by atoms with van der Waals surface area (Å²) in [5.41, 5.74) is 0.309. The van der Waals surface area contributed by atoms with Crippen LogP contribution in [0, 0.1) is 5.41 Å². The van der Waals surface area contributed by atoms with Crippen LogP contribution < -0.4 is 5.32 Å². The monoisotopic (exact) mass is 191 g/mol. The molecule has 0 aromatic rings. The van der Waals surface area contributed by atoms with Crippen LogP contribution in [-0.4, -0.2) is 28.8 Å². The summed E-state index contributed by atoms with van der Waals surface area (Å²) in [6.45, 7) is 9.62. The van der Waals surface area contributed by atoms with E-state index in [-0.39, 0.29) is 0 Å². The van der Waals surface area contributed by atoms with E-state index in [9.17, 15) is 4.21 Å². The minimum atomic E-state index is -0.686. The van der Waals surface area contributed by atoms with Crippen LogP contribution >= 0.6 is 0 Å². The molecule has 0 rings (SSSR count). The first kappa shape index (κ1) is 12.1. The second kappa shape index (κ2) is 4.97. The van der Waals surface area contributed by atoms with E-state index in [2.05, 4.69) is 33.0 Å². The smallest absolute Gasteiger partial charge is 0.0383 e. The van der Waals surface area contributed by atoms with Crippen molar-refractivity contribution in [2.24, 2.45) is 5.41 Å². The quantitative estimate of drug-likeness (QED) is 0.727. The summed E-state index contributed by atoms with van der Waals surface area (Å²) in [4.78, 5) is 0. The van der Waals surface area contributed by atoms with Crippen molar-refractivity contribution >= 4 is 10.8 Å². The molecule has 0 aromatic carbocycles. The van der Waals surface area contributed by atoms with Crippen LogP contribution in [0.3, 0.4) is 0 Å². The summed E-state index contributed by atoms with van der Waals surface area (Å²) in [6, 6.07) is 0.357. The van der Waals surface area contributed by atoms with Crippen molar-refractivity contribution in [3.05, 3.63) is 0 Å². The fourth-order valence-corrected chi connectivity index (χ4v) is 1.71. The molecule has 0 fully saturated rings. The van der Waals surface area contributed by atoms with Crippen molar-refractivity contribution < 1.29 is 4.21 Å². The van der Waals surface area contributed by atoms with Crippen molar-refractivity contribution in [3.8, 4) is 0 Å². The Morgan fingerprint density at radius 1 is 1.42 bits per heavy atom. The number of rotatable bonds is 4. The van der Waals surface area contributed by atoms with Crippen molar-refractivity contribution in [3.63, 3.8) is 0 Å². The van der Waals surface area contributed by atoms with Crippen LogP contribution in [0.15, 0.2) is 0 Å². The first-order chi connectivity index (χ1) is 5.31. The lowest BCUT2D eigenvalue weighted by atomic mass is 9.97. The van der Waals surface area contributed by atoms with Gasteiger partial charge in [-0.3, -0.25) is 4.21 Å². The standard InChI is InChI=1S/C9H21NOS/c1-8(6-12(5)11)10-7-9(2,3)4/h8,10H,6-7H2,1-5H3. The number of hydrogen-bond donors (Lipinski definition) is 1. The first-order valence-electron chi connectivity index (χ1n) is 4.34. The molecule has 2 unspecified atom stereocenters. The largest absolute Gasteiger partial charge is 0.313 e. The summed E-state index contributed by atoms with van der Waals surface area (Å²) in [7, 11) is -0.686. The van der Waals surface area contributed by atoms with Gasteiger partial charge in [0, 0.05) is 35.4 Å². The van der Waals surface area contributed by atoms with Gasteiger partial charge >= 0.3 is 0 Å². The van der Waals surface area contributed by atoms with Crippen LogP contribution in [-0.2, 0) is 10.8 Å². The zero-order valence-corrected chi connectivity index (χ0v) is 9.62. The Morgan fingerprint density at radius 2 is 1.92 bits per heavy atom. The minimum absolute atomic E-state index is 0.309. The molecule has 0 radical (unpaired) electrons. The highest BCUT2D eigenvalue weighted by Gasteiger charge is 2.11. The minimum Gasteiger partial charge on any atom is -0.313 e. The molecule has 1 N–H and O–H groups in total. The maximum atomic E-state index is 10.8. The summed E-state index contributed by atoms with van der Waals surface area (Å²) in [6.07, 6.45) is 1.75. The molecule has 0 aliphatic carbocycles. The molecule has 0 spiro atoms. The average molecular weight is 191 g/mol. The van der Waals surface area contributed by atoms with Gasteiger partial charge in [0.1, 0.15) is 0 Å². The SMILES string of the molecule is CC(CS(C)=O)NCC(C)(C)C. The molecule has 2 atom stereocenters. The van der Waals surface area contributed by atoms with Crippen molar-refractivity contribution in [1.82, 2.24) is 5.32 Å². The molecule has 0 amide bonds.